The van der Waals surface area contributed by atoms with Crippen molar-refractivity contribution in [2.24, 2.45) is 5.84 Å². The first-order valence-electron chi connectivity index (χ1n) is 6.12. The number of nitrogens with two attached hydrogens (primary N) is 1. The predicted octanol–water partition coefficient (Wildman–Crippen LogP) is 2.45. The monoisotopic (exact) mass is 241 g/mol. The van der Waals surface area contributed by atoms with Crippen molar-refractivity contribution in [1.29, 1.82) is 0 Å². The molecule has 0 aliphatic heterocycles. The number of benzene rings is 1. The average Bonchev–Trinajstić information content (AvgIpc) is 2.36. The Morgan fingerprint density at radius 2 is 1.94 bits per heavy atom. The minimum absolute atomic E-state index is 0.118. The predicted molar refractivity (Wildman–Crippen MR) is 73.9 cm³/mol. The maximum Gasteiger partial charge on any atom is 0.0501 e. The number of aromatic nitrogens is 1. The van der Waals surface area contributed by atoms with Gasteiger partial charge in [-0.3, -0.25) is 16.3 Å². The summed E-state index contributed by atoms with van der Waals surface area (Å²) in [5, 5.41) is 0. The summed E-state index contributed by atoms with van der Waals surface area (Å²) in [5.41, 5.74) is 7.82. The maximum atomic E-state index is 5.68. The zero-order chi connectivity index (χ0) is 13.0. The van der Waals surface area contributed by atoms with Crippen molar-refractivity contribution < 1.29 is 0 Å². The Bertz CT molecular complexity index is 488. The molecule has 0 fully saturated rings. The van der Waals surface area contributed by atoms with Crippen LogP contribution in [0.15, 0.2) is 42.7 Å². The smallest absolute Gasteiger partial charge is 0.0501 e. The molecule has 1 unspecified atom stereocenters. The number of hydrogen-bond donors (Lipinski definition) is 2. The Balaban J connectivity index is 2.23. The summed E-state index contributed by atoms with van der Waals surface area (Å²) in [6.45, 7) is 4.21. The molecule has 0 aliphatic carbocycles. The summed E-state index contributed by atoms with van der Waals surface area (Å²) >= 11 is 0. The molecule has 0 amide bonds. The molecular weight excluding hydrogens is 222 g/mol. The Labute approximate surface area is 108 Å². The summed E-state index contributed by atoms with van der Waals surface area (Å²) in [5.74, 6) is 5.68. The van der Waals surface area contributed by atoms with E-state index in [0.29, 0.717) is 0 Å². The highest BCUT2D eigenvalue weighted by Gasteiger charge is 2.11. The van der Waals surface area contributed by atoms with Crippen molar-refractivity contribution in [3.8, 4) is 0 Å². The maximum absolute atomic E-state index is 5.68. The topological polar surface area (TPSA) is 50.9 Å². The molecule has 94 valence electrons. The third-order valence-corrected chi connectivity index (χ3v) is 3.01. The second kappa shape index (κ2) is 5.76. The molecule has 1 heterocycles. The van der Waals surface area contributed by atoms with E-state index in [1.165, 1.54) is 22.3 Å². The fourth-order valence-corrected chi connectivity index (χ4v) is 2.24. The van der Waals surface area contributed by atoms with E-state index in [-0.39, 0.29) is 6.04 Å². The van der Waals surface area contributed by atoms with Gasteiger partial charge in [0, 0.05) is 12.4 Å². The minimum atomic E-state index is 0.118. The quantitative estimate of drug-likeness (QED) is 0.638. The van der Waals surface area contributed by atoms with E-state index < -0.39 is 0 Å². The van der Waals surface area contributed by atoms with E-state index in [9.17, 15) is 0 Å². The number of hydrogen-bond acceptors (Lipinski definition) is 3. The minimum Gasteiger partial charge on any atom is -0.271 e. The molecule has 0 saturated heterocycles. The molecule has 0 aliphatic rings. The first-order valence-corrected chi connectivity index (χ1v) is 6.12. The van der Waals surface area contributed by atoms with Crippen molar-refractivity contribution in [3.63, 3.8) is 0 Å². The third-order valence-electron chi connectivity index (χ3n) is 3.01. The van der Waals surface area contributed by atoms with Crippen LogP contribution in [0, 0.1) is 13.8 Å². The molecule has 1 atom stereocenters. The van der Waals surface area contributed by atoms with Crippen LogP contribution in [0.5, 0.6) is 0 Å². The third kappa shape index (κ3) is 3.15. The highest BCUT2D eigenvalue weighted by Crippen LogP contribution is 2.20. The van der Waals surface area contributed by atoms with Crippen molar-refractivity contribution in [2.75, 3.05) is 0 Å². The number of nitrogens with zero attached hydrogens (tertiary/aromatic N) is 1. The van der Waals surface area contributed by atoms with E-state index in [2.05, 4.69) is 48.5 Å². The van der Waals surface area contributed by atoms with Gasteiger partial charge in [-0.1, -0.05) is 35.4 Å². The average molecular weight is 241 g/mol. The van der Waals surface area contributed by atoms with Gasteiger partial charge >= 0.3 is 0 Å². The van der Waals surface area contributed by atoms with Gasteiger partial charge in [-0.05, 0) is 37.5 Å². The fourth-order valence-electron chi connectivity index (χ4n) is 2.24. The molecule has 3 nitrogen and oxygen atoms in total. The Morgan fingerprint density at radius 3 is 2.50 bits per heavy atom. The van der Waals surface area contributed by atoms with E-state index >= 15 is 0 Å². The van der Waals surface area contributed by atoms with E-state index in [0.717, 1.165) is 6.42 Å². The van der Waals surface area contributed by atoms with Gasteiger partial charge in [-0.2, -0.15) is 0 Å². The standard InChI is InChI=1S/C15H19N3/c1-11-6-12(2)8-14(7-11)15(18-16)9-13-4-3-5-17-10-13/h3-8,10,15,18H,9,16H2,1-2H3. The van der Waals surface area contributed by atoms with Crippen LogP contribution in [0.1, 0.15) is 28.3 Å². The van der Waals surface area contributed by atoms with E-state index in [4.69, 9.17) is 5.84 Å². The molecule has 1 aromatic heterocycles. The molecule has 3 N–H and O–H groups in total. The van der Waals surface area contributed by atoms with Gasteiger partial charge in [-0.25, -0.2) is 0 Å². The first-order chi connectivity index (χ1) is 8.69. The number of aryl methyl sites for hydroxylation is 2. The van der Waals surface area contributed by atoms with Crippen molar-refractivity contribution in [1.82, 2.24) is 10.4 Å². The lowest BCUT2D eigenvalue weighted by molar-refractivity contribution is 0.550. The Hall–Kier alpha value is -1.71. The van der Waals surface area contributed by atoms with Crippen molar-refractivity contribution in [3.05, 3.63) is 65.0 Å². The number of nitrogens with one attached hydrogen (secondary N) is 1. The van der Waals surface area contributed by atoms with Crippen molar-refractivity contribution in [2.45, 2.75) is 26.3 Å². The lowest BCUT2D eigenvalue weighted by Crippen LogP contribution is -2.29. The van der Waals surface area contributed by atoms with Crippen LogP contribution in [-0.4, -0.2) is 4.98 Å². The van der Waals surface area contributed by atoms with E-state index in [1.54, 1.807) is 6.20 Å². The molecule has 2 rings (SSSR count). The van der Waals surface area contributed by atoms with Crippen molar-refractivity contribution >= 4 is 0 Å². The van der Waals surface area contributed by atoms with Crippen LogP contribution in [0.3, 0.4) is 0 Å². The van der Waals surface area contributed by atoms with Crippen LogP contribution >= 0.6 is 0 Å². The van der Waals surface area contributed by atoms with Gasteiger partial charge in [0.15, 0.2) is 0 Å². The molecule has 1 aromatic carbocycles. The van der Waals surface area contributed by atoms with Crippen LogP contribution in [0.4, 0.5) is 0 Å². The summed E-state index contributed by atoms with van der Waals surface area (Å²) in [6, 6.07) is 10.7. The van der Waals surface area contributed by atoms with Crippen LogP contribution < -0.4 is 11.3 Å². The molecule has 0 bridgehead atoms. The Morgan fingerprint density at radius 1 is 1.22 bits per heavy atom. The molecule has 2 aromatic rings. The molecule has 18 heavy (non-hydrogen) atoms. The van der Waals surface area contributed by atoms with Crippen LogP contribution in [0.2, 0.25) is 0 Å². The summed E-state index contributed by atoms with van der Waals surface area (Å²) < 4.78 is 0. The fraction of sp³-hybridized carbons (Fsp3) is 0.267. The summed E-state index contributed by atoms with van der Waals surface area (Å²) in [7, 11) is 0. The van der Waals surface area contributed by atoms with Crippen LogP contribution in [0.25, 0.3) is 0 Å². The van der Waals surface area contributed by atoms with Gasteiger partial charge in [0.05, 0.1) is 6.04 Å². The van der Waals surface area contributed by atoms with Gasteiger partial charge in [0.25, 0.3) is 0 Å². The molecule has 0 radical (unpaired) electrons. The van der Waals surface area contributed by atoms with Crippen LogP contribution in [-0.2, 0) is 6.42 Å². The van der Waals surface area contributed by atoms with Gasteiger partial charge < -0.3 is 0 Å². The molecular formula is C15H19N3. The highest BCUT2D eigenvalue weighted by molar-refractivity contribution is 5.31. The SMILES string of the molecule is Cc1cc(C)cc(C(Cc2cccnc2)NN)c1. The molecule has 0 saturated carbocycles. The molecule has 3 heteroatoms. The summed E-state index contributed by atoms with van der Waals surface area (Å²) in [4.78, 5) is 4.13. The zero-order valence-corrected chi connectivity index (χ0v) is 10.9. The summed E-state index contributed by atoms with van der Waals surface area (Å²) in [6.07, 6.45) is 4.51. The number of rotatable bonds is 4. The second-order valence-corrected chi connectivity index (χ2v) is 4.71. The van der Waals surface area contributed by atoms with Gasteiger partial charge in [0.1, 0.15) is 0 Å². The molecule has 0 spiro atoms. The number of hydrazine groups is 1. The zero-order valence-electron chi connectivity index (χ0n) is 10.9. The number of pyridine rings is 1. The lowest BCUT2D eigenvalue weighted by Gasteiger charge is -2.17. The second-order valence-electron chi connectivity index (χ2n) is 4.71. The first kappa shape index (κ1) is 12.7. The van der Waals surface area contributed by atoms with Gasteiger partial charge in [0.2, 0.25) is 0 Å². The van der Waals surface area contributed by atoms with E-state index in [1.807, 2.05) is 12.3 Å². The normalized spacial score (nSPS) is 12.4. The lowest BCUT2D eigenvalue weighted by atomic mass is 9.97. The largest absolute Gasteiger partial charge is 0.271 e. The highest BCUT2D eigenvalue weighted by atomic mass is 15.2. The Kier molecular flexibility index (Phi) is 4.07. The van der Waals surface area contributed by atoms with Gasteiger partial charge in [-0.15, -0.1) is 0 Å².